The molecule has 4 heteroatoms. The lowest BCUT2D eigenvalue weighted by Crippen LogP contribution is -2.40. The van der Waals surface area contributed by atoms with E-state index in [0.717, 1.165) is 29.9 Å². The van der Waals surface area contributed by atoms with Crippen LogP contribution in [0.5, 0.6) is 0 Å². The highest BCUT2D eigenvalue weighted by molar-refractivity contribution is 8.14. The van der Waals surface area contributed by atoms with Crippen LogP contribution in [0, 0.1) is 0 Å². The third-order valence-corrected chi connectivity index (χ3v) is 5.32. The van der Waals surface area contributed by atoms with Crippen molar-refractivity contribution in [1.29, 1.82) is 0 Å². The predicted octanol–water partition coefficient (Wildman–Crippen LogP) is 2.33. The Morgan fingerprint density at radius 2 is 2.29 bits per heavy atom. The van der Waals surface area contributed by atoms with E-state index in [0.29, 0.717) is 6.04 Å². The smallest absolute Gasteiger partial charge is 0.157 e. The van der Waals surface area contributed by atoms with Gasteiger partial charge in [-0.2, -0.15) is 0 Å². The zero-order valence-electron chi connectivity index (χ0n) is 11.5. The van der Waals surface area contributed by atoms with Gasteiger partial charge in [-0.05, 0) is 40.2 Å². The highest BCUT2D eigenvalue weighted by Gasteiger charge is 2.31. The third kappa shape index (κ3) is 3.38. The monoisotopic (exact) mass is 255 g/mol. The molecule has 98 valence electrons. The average molecular weight is 255 g/mol. The van der Waals surface area contributed by atoms with Crippen LogP contribution in [0.15, 0.2) is 4.99 Å². The molecule has 1 heterocycles. The van der Waals surface area contributed by atoms with Crippen LogP contribution in [0.2, 0.25) is 0 Å². The molecule has 2 unspecified atom stereocenters. The maximum Gasteiger partial charge on any atom is 0.157 e. The van der Waals surface area contributed by atoms with Crippen molar-refractivity contribution in [3.05, 3.63) is 0 Å². The second-order valence-corrected chi connectivity index (χ2v) is 6.68. The minimum absolute atomic E-state index is 0.259. The SMILES string of the molecule is CCC1(C)CSC(=NCC(C)N(C)C2CC2)N1. The molecule has 0 aromatic carbocycles. The van der Waals surface area contributed by atoms with Crippen molar-refractivity contribution in [2.45, 2.75) is 57.7 Å². The molecule has 2 fully saturated rings. The van der Waals surface area contributed by atoms with Crippen molar-refractivity contribution in [3.8, 4) is 0 Å². The molecule has 3 nitrogen and oxygen atoms in total. The lowest BCUT2D eigenvalue weighted by atomic mass is 10.0. The first-order valence-electron chi connectivity index (χ1n) is 6.71. The summed E-state index contributed by atoms with van der Waals surface area (Å²) in [5.74, 6) is 1.15. The van der Waals surface area contributed by atoms with Gasteiger partial charge in [0.15, 0.2) is 5.17 Å². The number of likely N-dealkylation sites (N-methyl/N-ethyl adjacent to an activating group) is 1. The molecule has 0 radical (unpaired) electrons. The van der Waals surface area contributed by atoms with Crippen LogP contribution in [-0.4, -0.2) is 47.0 Å². The molecule has 0 bridgehead atoms. The van der Waals surface area contributed by atoms with Gasteiger partial charge in [0.2, 0.25) is 0 Å². The molecular weight excluding hydrogens is 230 g/mol. The van der Waals surface area contributed by atoms with Gasteiger partial charge in [0.25, 0.3) is 0 Å². The number of hydrogen-bond donors (Lipinski definition) is 1. The molecular formula is C13H25N3S. The number of nitrogens with one attached hydrogen (secondary N) is 1. The summed E-state index contributed by atoms with van der Waals surface area (Å²) in [6.45, 7) is 7.71. The van der Waals surface area contributed by atoms with Crippen LogP contribution >= 0.6 is 11.8 Å². The maximum absolute atomic E-state index is 4.72. The normalized spacial score (nSPS) is 33.1. The van der Waals surface area contributed by atoms with E-state index in [9.17, 15) is 0 Å². The van der Waals surface area contributed by atoms with Gasteiger partial charge in [0.05, 0.1) is 6.54 Å². The number of nitrogens with zero attached hydrogens (tertiary/aromatic N) is 2. The lowest BCUT2D eigenvalue weighted by Gasteiger charge is -2.23. The molecule has 2 rings (SSSR count). The minimum Gasteiger partial charge on any atom is -0.359 e. The first-order chi connectivity index (χ1) is 8.04. The van der Waals surface area contributed by atoms with Gasteiger partial charge in [-0.1, -0.05) is 18.7 Å². The quantitative estimate of drug-likeness (QED) is 0.817. The molecule has 1 aliphatic heterocycles. The molecule has 0 aromatic rings. The zero-order valence-corrected chi connectivity index (χ0v) is 12.3. The second kappa shape index (κ2) is 5.19. The Balaban J connectivity index is 1.80. The summed E-state index contributed by atoms with van der Waals surface area (Å²) >= 11 is 1.87. The summed E-state index contributed by atoms with van der Waals surface area (Å²) in [7, 11) is 2.23. The molecule has 2 aliphatic rings. The lowest BCUT2D eigenvalue weighted by molar-refractivity contribution is 0.253. The summed E-state index contributed by atoms with van der Waals surface area (Å²) in [4.78, 5) is 7.20. The van der Waals surface area contributed by atoms with E-state index < -0.39 is 0 Å². The summed E-state index contributed by atoms with van der Waals surface area (Å²) in [5.41, 5.74) is 0.259. The van der Waals surface area contributed by atoms with Crippen LogP contribution in [0.3, 0.4) is 0 Å². The van der Waals surface area contributed by atoms with Crippen LogP contribution in [0.25, 0.3) is 0 Å². The summed E-state index contributed by atoms with van der Waals surface area (Å²) in [6, 6.07) is 1.39. The Hall–Kier alpha value is -0.220. The zero-order chi connectivity index (χ0) is 12.5. The topological polar surface area (TPSA) is 27.6 Å². The molecule has 1 saturated carbocycles. The Morgan fingerprint density at radius 3 is 2.82 bits per heavy atom. The fraction of sp³-hybridized carbons (Fsp3) is 0.923. The van der Waals surface area contributed by atoms with Crippen molar-refractivity contribution < 1.29 is 0 Å². The summed E-state index contributed by atoms with van der Waals surface area (Å²) in [5, 5.41) is 4.69. The molecule has 0 amide bonds. The van der Waals surface area contributed by atoms with Crippen molar-refractivity contribution in [2.75, 3.05) is 19.3 Å². The van der Waals surface area contributed by atoms with Gasteiger partial charge in [-0.25, -0.2) is 0 Å². The fourth-order valence-electron chi connectivity index (χ4n) is 2.02. The van der Waals surface area contributed by atoms with Gasteiger partial charge >= 0.3 is 0 Å². The van der Waals surface area contributed by atoms with Crippen molar-refractivity contribution >= 4 is 16.9 Å². The Kier molecular flexibility index (Phi) is 4.03. The molecule has 1 saturated heterocycles. The van der Waals surface area contributed by atoms with Gasteiger partial charge < -0.3 is 5.32 Å². The summed E-state index contributed by atoms with van der Waals surface area (Å²) < 4.78 is 0. The Labute approximate surface area is 109 Å². The van der Waals surface area contributed by atoms with Gasteiger partial charge in [-0.3, -0.25) is 9.89 Å². The van der Waals surface area contributed by atoms with Gasteiger partial charge in [0.1, 0.15) is 0 Å². The average Bonchev–Trinajstić information content (AvgIpc) is 3.10. The van der Waals surface area contributed by atoms with Crippen LogP contribution in [-0.2, 0) is 0 Å². The fourth-order valence-corrected chi connectivity index (χ4v) is 3.24. The number of amidine groups is 1. The number of hydrogen-bond acceptors (Lipinski definition) is 3. The molecule has 2 atom stereocenters. The van der Waals surface area contributed by atoms with Crippen LogP contribution in [0.4, 0.5) is 0 Å². The van der Waals surface area contributed by atoms with Gasteiger partial charge in [-0.15, -0.1) is 0 Å². The van der Waals surface area contributed by atoms with Gasteiger partial charge in [0, 0.05) is 23.4 Å². The highest BCUT2D eigenvalue weighted by Crippen LogP contribution is 2.28. The molecule has 0 spiro atoms. The van der Waals surface area contributed by atoms with Crippen molar-refractivity contribution in [2.24, 2.45) is 4.99 Å². The first-order valence-corrected chi connectivity index (χ1v) is 7.70. The van der Waals surface area contributed by atoms with Crippen LogP contribution in [0.1, 0.15) is 40.0 Å². The first kappa shape index (κ1) is 13.2. The standard InChI is InChI=1S/C13H25N3S/c1-5-13(3)9-17-12(15-13)14-8-10(2)16(4)11-6-7-11/h10-11H,5-9H2,1-4H3,(H,14,15). The van der Waals surface area contributed by atoms with E-state index in [1.165, 1.54) is 12.8 Å². The van der Waals surface area contributed by atoms with E-state index in [1.807, 2.05) is 11.8 Å². The number of thioether (sulfide) groups is 1. The van der Waals surface area contributed by atoms with E-state index in [1.54, 1.807) is 0 Å². The van der Waals surface area contributed by atoms with E-state index in [2.05, 4.69) is 38.0 Å². The number of rotatable bonds is 5. The molecule has 1 N–H and O–H groups in total. The Morgan fingerprint density at radius 1 is 1.59 bits per heavy atom. The summed E-state index contributed by atoms with van der Waals surface area (Å²) in [6.07, 6.45) is 3.91. The molecule has 17 heavy (non-hydrogen) atoms. The van der Waals surface area contributed by atoms with Crippen molar-refractivity contribution in [3.63, 3.8) is 0 Å². The largest absolute Gasteiger partial charge is 0.359 e. The van der Waals surface area contributed by atoms with Crippen LogP contribution < -0.4 is 5.32 Å². The second-order valence-electron chi connectivity index (χ2n) is 5.72. The third-order valence-electron chi connectivity index (χ3n) is 4.03. The van der Waals surface area contributed by atoms with Crippen molar-refractivity contribution in [1.82, 2.24) is 10.2 Å². The predicted molar refractivity (Wildman–Crippen MR) is 76.8 cm³/mol. The van der Waals surface area contributed by atoms with E-state index >= 15 is 0 Å². The molecule has 1 aliphatic carbocycles. The maximum atomic E-state index is 4.72. The molecule has 0 aromatic heterocycles. The minimum atomic E-state index is 0.259. The van der Waals surface area contributed by atoms with E-state index in [4.69, 9.17) is 4.99 Å². The Bertz CT molecular complexity index is 301. The number of aliphatic imine (C=N–C) groups is 1. The van der Waals surface area contributed by atoms with E-state index in [-0.39, 0.29) is 5.54 Å². The highest BCUT2D eigenvalue weighted by atomic mass is 32.2.